The summed E-state index contributed by atoms with van der Waals surface area (Å²) in [6.07, 6.45) is 2.46. The van der Waals surface area contributed by atoms with Gasteiger partial charge in [0.05, 0.1) is 25.0 Å². The lowest BCUT2D eigenvalue weighted by Crippen LogP contribution is -2.42. The molecular weight excluding hydrogens is 268 g/mol. The van der Waals surface area contributed by atoms with Gasteiger partial charge in [-0.05, 0) is 25.9 Å². The predicted molar refractivity (Wildman–Crippen MR) is 72.1 cm³/mol. The van der Waals surface area contributed by atoms with Crippen LogP contribution in [0.25, 0.3) is 0 Å². The number of aliphatic carboxylic acids is 1. The number of piperidine rings is 1. The second-order valence-electron chi connectivity index (χ2n) is 4.79. The standard InChI is InChI=1S/C12H20N2O4S/c15-11(14-8-19-7-10(14)12(16)17)3-6-18-9-1-4-13-5-2-9/h9-10,13H,1-8H2,(H,16,17)/t10-/m0/s1. The first kappa shape index (κ1) is 14.6. The number of hydrogen-bond acceptors (Lipinski definition) is 5. The fourth-order valence-corrected chi connectivity index (χ4v) is 3.48. The number of nitrogens with zero attached hydrogens (tertiary/aromatic N) is 1. The number of hydrogen-bond donors (Lipinski definition) is 2. The molecule has 2 N–H and O–H groups in total. The summed E-state index contributed by atoms with van der Waals surface area (Å²) in [5, 5.41) is 12.3. The normalized spacial score (nSPS) is 24.6. The van der Waals surface area contributed by atoms with Crippen LogP contribution in [0.5, 0.6) is 0 Å². The van der Waals surface area contributed by atoms with Crippen molar-refractivity contribution in [2.45, 2.75) is 31.4 Å². The zero-order valence-corrected chi connectivity index (χ0v) is 11.7. The molecule has 0 aromatic carbocycles. The Morgan fingerprint density at radius 1 is 1.37 bits per heavy atom. The molecule has 7 heteroatoms. The van der Waals surface area contributed by atoms with Gasteiger partial charge in [-0.15, -0.1) is 11.8 Å². The maximum Gasteiger partial charge on any atom is 0.327 e. The number of rotatable bonds is 5. The number of carbonyl (C=O) groups is 2. The summed E-state index contributed by atoms with van der Waals surface area (Å²) in [5.41, 5.74) is 0. The maximum atomic E-state index is 12.0. The molecule has 0 bridgehead atoms. The highest BCUT2D eigenvalue weighted by atomic mass is 32.2. The second-order valence-corrected chi connectivity index (χ2v) is 5.79. The third-order valence-corrected chi connectivity index (χ3v) is 4.46. The summed E-state index contributed by atoms with van der Waals surface area (Å²) in [6, 6.07) is -0.670. The van der Waals surface area contributed by atoms with Gasteiger partial charge in [0.25, 0.3) is 0 Å². The molecule has 2 aliphatic heterocycles. The Balaban J connectivity index is 1.70. The molecule has 0 unspecified atom stereocenters. The zero-order chi connectivity index (χ0) is 13.7. The van der Waals surface area contributed by atoms with Crippen molar-refractivity contribution in [3.8, 4) is 0 Å². The zero-order valence-electron chi connectivity index (χ0n) is 10.8. The first-order valence-electron chi connectivity index (χ1n) is 6.61. The molecule has 0 spiro atoms. The first-order chi connectivity index (χ1) is 9.18. The lowest BCUT2D eigenvalue weighted by molar-refractivity contribution is -0.148. The highest BCUT2D eigenvalue weighted by Gasteiger charge is 2.34. The summed E-state index contributed by atoms with van der Waals surface area (Å²) < 4.78 is 5.67. The third-order valence-electron chi connectivity index (χ3n) is 3.44. The maximum absolute atomic E-state index is 12.0. The molecule has 0 saturated carbocycles. The Bertz CT molecular complexity index is 334. The van der Waals surface area contributed by atoms with Crippen molar-refractivity contribution in [1.82, 2.24) is 10.2 Å². The molecule has 2 rings (SSSR count). The van der Waals surface area contributed by atoms with Crippen molar-refractivity contribution in [1.29, 1.82) is 0 Å². The first-order valence-corrected chi connectivity index (χ1v) is 7.76. The lowest BCUT2D eigenvalue weighted by atomic mass is 10.1. The van der Waals surface area contributed by atoms with Crippen LogP contribution in [0.3, 0.4) is 0 Å². The van der Waals surface area contributed by atoms with E-state index in [0.717, 1.165) is 25.9 Å². The van der Waals surface area contributed by atoms with Crippen molar-refractivity contribution in [3.05, 3.63) is 0 Å². The highest BCUT2D eigenvalue weighted by molar-refractivity contribution is 7.99. The molecule has 1 atom stereocenters. The Labute approximate surface area is 116 Å². The molecule has 0 aliphatic carbocycles. The SMILES string of the molecule is O=C(O)[C@@H]1CSCN1C(=O)CCOC1CCNCC1. The van der Waals surface area contributed by atoms with Crippen LogP contribution in [0.15, 0.2) is 0 Å². The van der Waals surface area contributed by atoms with E-state index in [1.807, 2.05) is 0 Å². The topological polar surface area (TPSA) is 78.9 Å². The molecule has 0 aromatic rings. The van der Waals surface area contributed by atoms with E-state index in [1.165, 1.54) is 16.7 Å². The van der Waals surface area contributed by atoms with Crippen LogP contribution < -0.4 is 5.32 Å². The van der Waals surface area contributed by atoms with Gasteiger partial charge in [-0.25, -0.2) is 4.79 Å². The summed E-state index contributed by atoms with van der Waals surface area (Å²) in [5.74, 6) is -0.0803. The third kappa shape index (κ3) is 4.09. The van der Waals surface area contributed by atoms with Crippen LogP contribution in [0.1, 0.15) is 19.3 Å². The van der Waals surface area contributed by atoms with E-state index in [0.29, 0.717) is 18.2 Å². The number of ether oxygens (including phenoxy) is 1. The van der Waals surface area contributed by atoms with E-state index in [1.54, 1.807) is 0 Å². The van der Waals surface area contributed by atoms with Gasteiger partial charge in [0, 0.05) is 5.75 Å². The van der Waals surface area contributed by atoms with Crippen LogP contribution in [0.4, 0.5) is 0 Å². The van der Waals surface area contributed by atoms with Crippen LogP contribution in [0.2, 0.25) is 0 Å². The Kier molecular flexibility index (Phi) is 5.47. The molecular formula is C12H20N2O4S. The fourth-order valence-electron chi connectivity index (χ4n) is 2.31. The number of thioether (sulfide) groups is 1. The number of amides is 1. The summed E-state index contributed by atoms with van der Waals surface area (Å²) >= 11 is 1.48. The van der Waals surface area contributed by atoms with E-state index in [-0.39, 0.29) is 18.4 Å². The minimum Gasteiger partial charge on any atom is -0.480 e. The van der Waals surface area contributed by atoms with Gasteiger partial charge >= 0.3 is 5.97 Å². The molecule has 108 valence electrons. The van der Waals surface area contributed by atoms with Crippen LogP contribution >= 0.6 is 11.8 Å². The fraction of sp³-hybridized carbons (Fsp3) is 0.833. The summed E-state index contributed by atoms with van der Waals surface area (Å²) in [7, 11) is 0. The van der Waals surface area contributed by atoms with E-state index in [4.69, 9.17) is 9.84 Å². The average Bonchev–Trinajstić information content (AvgIpc) is 2.89. The number of carboxylic acids is 1. The van der Waals surface area contributed by atoms with Crippen molar-refractivity contribution in [3.63, 3.8) is 0 Å². The van der Waals surface area contributed by atoms with E-state index >= 15 is 0 Å². The Morgan fingerprint density at radius 3 is 2.79 bits per heavy atom. The van der Waals surface area contributed by atoms with Crippen LogP contribution in [-0.2, 0) is 14.3 Å². The summed E-state index contributed by atoms with van der Waals surface area (Å²) in [6.45, 7) is 2.31. The molecule has 6 nitrogen and oxygen atoms in total. The molecule has 2 aliphatic rings. The Morgan fingerprint density at radius 2 is 2.11 bits per heavy atom. The number of nitrogens with one attached hydrogen (secondary N) is 1. The van der Waals surface area contributed by atoms with Gasteiger partial charge in [-0.1, -0.05) is 0 Å². The summed E-state index contributed by atoms with van der Waals surface area (Å²) in [4.78, 5) is 24.4. The minimum atomic E-state index is -0.919. The minimum absolute atomic E-state index is 0.119. The monoisotopic (exact) mass is 288 g/mol. The quantitative estimate of drug-likeness (QED) is 0.749. The van der Waals surface area contributed by atoms with Gasteiger partial charge in [0.1, 0.15) is 6.04 Å². The molecule has 0 radical (unpaired) electrons. The molecule has 2 heterocycles. The number of carboxylic acid groups (broad SMARTS) is 1. The smallest absolute Gasteiger partial charge is 0.327 e. The predicted octanol–water partition coefficient (Wildman–Crippen LogP) is 0.131. The van der Waals surface area contributed by atoms with Gasteiger partial charge in [-0.3, -0.25) is 4.79 Å². The van der Waals surface area contributed by atoms with Gasteiger partial charge < -0.3 is 20.1 Å². The molecule has 2 fully saturated rings. The van der Waals surface area contributed by atoms with E-state index in [2.05, 4.69) is 5.32 Å². The largest absolute Gasteiger partial charge is 0.480 e. The van der Waals surface area contributed by atoms with Crippen LogP contribution in [0, 0.1) is 0 Å². The van der Waals surface area contributed by atoms with Crippen molar-refractivity contribution >= 4 is 23.6 Å². The highest BCUT2D eigenvalue weighted by Crippen LogP contribution is 2.22. The van der Waals surface area contributed by atoms with Crippen molar-refractivity contribution in [2.24, 2.45) is 0 Å². The van der Waals surface area contributed by atoms with Gasteiger partial charge in [0.2, 0.25) is 5.91 Å². The van der Waals surface area contributed by atoms with Crippen molar-refractivity contribution < 1.29 is 19.4 Å². The van der Waals surface area contributed by atoms with E-state index < -0.39 is 12.0 Å². The van der Waals surface area contributed by atoms with E-state index in [9.17, 15) is 9.59 Å². The Hall–Kier alpha value is -0.790. The molecule has 19 heavy (non-hydrogen) atoms. The number of carbonyl (C=O) groups excluding carboxylic acids is 1. The molecule has 0 aromatic heterocycles. The average molecular weight is 288 g/mol. The molecule has 1 amide bonds. The van der Waals surface area contributed by atoms with Gasteiger partial charge in [-0.2, -0.15) is 0 Å². The lowest BCUT2D eigenvalue weighted by Gasteiger charge is -2.24. The van der Waals surface area contributed by atoms with Gasteiger partial charge in [0.15, 0.2) is 0 Å². The van der Waals surface area contributed by atoms with Crippen LogP contribution in [-0.4, -0.2) is 65.4 Å². The molecule has 2 saturated heterocycles. The second kappa shape index (κ2) is 7.12. The van der Waals surface area contributed by atoms with Crippen molar-refractivity contribution in [2.75, 3.05) is 31.3 Å².